The van der Waals surface area contributed by atoms with Gasteiger partial charge in [0.2, 0.25) is 0 Å². The molecule has 1 N–H and O–H groups in total. The van der Waals surface area contributed by atoms with Crippen molar-refractivity contribution in [2.75, 3.05) is 13.2 Å². The highest BCUT2D eigenvalue weighted by molar-refractivity contribution is 5.93. The van der Waals surface area contributed by atoms with Crippen molar-refractivity contribution in [1.29, 1.82) is 0 Å². The van der Waals surface area contributed by atoms with E-state index in [0.29, 0.717) is 13.2 Å². The number of rotatable bonds is 2. The lowest BCUT2D eigenvalue weighted by Gasteiger charge is -2.24. The molecule has 5 heteroatoms. The van der Waals surface area contributed by atoms with E-state index in [4.69, 9.17) is 9.94 Å². The van der Waals surface area contributed by atoms with Crippen LogP contribution in [0.25, 0.3) is 0 Å². The molecule has 0 aliphatic carbocycles. The largest absolute Gasteiger partial charge is 0.478 e. The van der Waals surface area contributed by atoms with Crippen LogP contribution in [0.4, 0.5) is 0 Å². The molecule has 1 aliphatic rings. The Kier molecular flexibility index (Phi) is 3.45. The first kappa shape index (κ1) is 9.73. The predicted molar refractivity (Wildman–Crippen MR) is 43.7 cm³/mol. The van der Waals surface area contributed by atoms with Crippen molar-refractivity contribution >= 4 is 11.9 Å². The van der Waals surface area contributed by atoms with E-state index in [0.717, 1.165) is 25.0 Å². The third-order valence-electron chi connectivity index (χ3n) is 1.62. The van der Waals surface area contributed by atoms with Crippen molar-refractivity contribution in [3.8, 4) is 0 Å². The summed E-state index contributed by atoms with van der Waals surface area (Å²) in [5, 5.41) is 9.45. The highest BCUT2D eigenvalue weighted by Gasteiger charge is 2.14. The smallest absolute Gasteiger partial charge is 0.328 e. The number of nitrogens with zero attached hydrogens (tertiary/aromatic N) is 1. The second-order valence-electron chi connectivity index (χ2n) is 2.65. The standard InChI is InChI=1S/C8H11NO4/c10-7(3-4-8(11)12)9-5-1-2-6-13-9/h3-4H,1-2,5-6H2,(H,11,12)/b4-3+. The second-order valence-corrected chi connectivity index (χ2v) is 2.65. The first-order valence-electron chi connectivity index (χ1n) is 4.05. The molecule has 1 rings (SSSR count). The summed E-state index contributed by atoms with van der Waals surface area (Å²) in [7, 11) is 0. The molecular weight excluding hydrogens is 174 g/mol. The molecule has 0 aromatic rings. The molecule has 5 nitrogen and oxygen atoms in total. The number of carboxylic acids is 1. The van der Waals surface area contributed by atoms with Gasteiger partial charge in [-0.1, -0.05) is 0 Å². The zero-order valence-corrected chi connectivity index (χ0v) is 7.10. The van der Waals surface area contributed by atoms with E-state index in [1.54, 1.807) is 0 Å². The highest BCUT2D eigenvalue weighted by atomic mass is 16.7. The third kappa shape index (κ3) is 3.25. The maximum absolute atomic E-state index is 11.2. The van der Waals surface area contributed by atoms with Crippen LogP contribution >= 0.6 is 0 Å². The number of carbonyl (C=O) groups excluding carboxylic acids is 1. The summed E-state index contributed by atoms with van der Waals surface area (Å²) in [6.45, 7) is 1.05. The van der Waals surface area contributed by atoms with Crippen molar-refractivity contribution in [2.45, 2.75) is 12.8 Å². The molecule has 0 atom stereocenters. The summed E-state index contributed by atoms with van der Waals surface area (Å²) in [5.41, 5.74) is 0. The predicted octanol–water partition coefficient (Wildman–Crippen LogP) is 0.181. The van der Waals surface area contributed by atoms with Gasteiger partial charge in [0.25, 0.3) is 5.91 Å². The molecule has 1 amide bonds. The van der Waals surface area contributed by atoms with Gasteiger partial charge in [-0.15, -0.1) is 0 Å². The van der Waals surface area contributed by atoms with Crippen molar-refractivity contribution < 1.29 is 19.5 Å². The Morgan fingerprint density at radius 3 is 2.62 bits per heavy atom. The van der Waals surface area contributed by atoms with Crippen molar-refractivity contribution in [1.82, 2.24) is 5.06 Å². The van der Waals surface area contributed by atoms with Crippen molar-refractivity contribution in [3.63, 3.8) is 0 Å². The van der Waals surface area contributed by atoms with Gasteiger partial charge in [-0.3, -0.25) is 9.63 Å². The quantitative estimate of drug-likeness (QED) is 0.623. The van der Waals surface area contributed by atoms with Crippen LogP contribution in [0.5, 0.6) is 0 Å². The summed E-state index contributed by atoms with van der Waals surface area (Å²) in [6.07, 6.45) is 3.63. The van der Waals surface area contributed by atoms with Crippen molar-refractivity contribution in [2.24, 2.45) is 0 Å². The molecule has 0 radical (unpaired) electrons. The first-order valence-corrected chi connectivity index (χ1v) is 4.05. The summed E-state index contributed by atoms with van der Waals surface area (Å²) < 4.78 is 0. The molecule has 1 heterocycles. The Morgan fingerprint density at radius 1 is 1.31 bits per heavy atom. The highest BCUT2D eigenvalue weighted by Crippen LogP contribution is 2.05. The van der Waals surface area contributed by atoms with Crippen LogP contribution in [0, 0.1) is 0 Å². The number of hydrogen-bond acceptors (Lipinski definition) is 3. The fourth-order valence-electron chi connectivity index (χ4n) is 0.996. The van der Waals surface area contributed by atoms with Gasteiger partial charge in [0.05, 0.1) is 6.61 Å². The van der Waals surface area contributed by atoms with Gasteiger partial charge in [0.1, 0.15) is 0 Å². The molecular formula is C8H11NO4. The lowest BCUT2D eigenvalue weighted by atomic mass is 10.3. The van der Waals surface area contributed by atoms with Crippen LogP contribution in [-0.2, 0) is 14.4 Å². The maximum atomic E-state index is 11.2. The van der Waals surface area contributed by atoms with E-state index < -0.39 is 11.9 Å². The summed E-state index contributed by atoms with van der Waals surface area (Å²) in [4.78, 5) is 26.3. The van der Waals surface area contributed by atoms with Crippen LogP contribution in [0.2, 0.25) is 0 Å². The lowest BCUT2D eigenvalue weighted by Crippen LogP contribution is -2.34. The average molecular weight is 185 g/mol. The first-order chi connectivity index (χ1) is 6.20. The molecule has 0 bridgehead atoms. The SMILES string of the molecule is O=C(O)/C=C/C(=O)N1CCCCO1. The van der Waals surface area contributed by atoms with E-state index in [2.05, 4.69) is 0 Å². The minimum absolute atomic E-state index is 0.415. The third-order valence-corrected chi connectivity index (χ3v) is 1.62. The van der Waals surface area contributed by atoms with Gasteiger partial charge >= 0.3 is 5.97 Å². The summed E-state index contributed by atoms with van der Waals surface area (Å²) in [6, 6.07) is 0. The minimum atomic E-state index is -1.13. The van der Waals surface area contributed by atoms with E-state index >= 15 is 0 Å². The van der Waals surface area contributed by atoms with E-state index in [-0.39, 0.29) is 0 Å². The van der Waals surface area contributed by atoms with Crippen LogP contribution in [0.1, 0.15) is 12.8 Å². The molecule has 0 aromatic carbocycles. The van der Waals surface area contributed by atoms with Gasteiger partial charge < -0.3 is 5.11 Å². The molecule has 0 aromatic heterocycles. The maximum Gasteiger partial charge on any atom is 0.328 e. The fourth-order valence-corrected chi connectivity index (χ4v) is 0.996. The number of carbonyl (C=O) groups is 2. The Hall–Kier alpha value is -1.36. The molecule has 13 heavy (non-hydrogen) atoms. The van der Waals surface area contributed by atoms with Gasteiger partial charge in [-0.25, -0.2) is 9.86 Å². The Morgan fingerprint density at radius 2 is 2.08 bits per heavy atom. The van der Waals surface area contributed by atoms with Gasteiger partial charge in [0.15, 0.2) is 0 Å². The zero-order chi connectivity index (χ0) is 9.68. The van der Waals surface area contributed by atoms with Crippen LogP contribution in [0.15, 0.2) is 12.2 Å². The van der Waals surface area contributed by atoms with E-state index in [1.807, 2.05) is 0 Å². The second kappa shape index (κ2) is 4.61. The Labute approximate surface area is 75.5 Å². The molecule has 1 aliphatic heterocycles. The molecule has 0 saturated carbocycles. The van der Waals surface area contributed by atoms with E-state index in [1.165, 1.54) is 5.06 Å². The number of amides is 1. The van der Waals surface area contributed by atoms with Gasteiger partial charge in [-0.05, 0) is 12.8 Å². The average Bonchev–Trinajstić information content (AvgIpc) is 2.15. The van der Waals surface area contributed by atoms with Crippen LogP contribution in [0.3, 0.4) is 0 Å². The fraction of sp³-hybridized carbons (Fsp3) is 0.500. The number of hydrogen-bond donors (Lipinski definition) is 1. The summed E-state index contributed by atoms with van der Waals surface area (Å²) in [5.74, 6) is -1.55. The number of aliphatic carboxylic acids is 1. The van der Waals surface area contributed by atoms with Crippen LogP contribution in [-0.4, -0.2) is 35.2 Å². The molecule has 1 fully saturated rings. The zero-order valence-electron chi connectivity index (χ0n) is 7.10. The number of hydroxylamine groups is 2. The van der Waals surface area contributed by atoms with E-state index in [9.17, 15) is 9.59 Å². The Bertz CT molecular complexity index is 230. The molecule has 1 saturated heterocycles. The molecule has 0 spiro atoms. The normalized spacial score (nSPS) is 17.7. The minimum Gasteiger partial charge on any atom is -0.478 e. The van der Waals surface area contributed by atoms with Crippen LogP contribution < -0.4 is 0 Å². The Balaban J connectivity index is 2.41. The lowest BCUT2D eigenvalue weighted by molar-refractivity contribution is -0.191. The van der Waals surface area contributed by atoms with Gasteiger partial charge in [0, 0.05) is 18.7 Å². The monoisotopic (exact) mass is 185 g/mol. The van der Waals surface area contributed by atoms with Crippen molar-refractivity contribution in [3.05, 3.63) is 12.2 Å². The molecule has 72 valence electrons. The van der Waals surface area contributed by atoms with Gasteiger partial charge in [-0.2, -0.15) is 0 Å². The topological polar surface area (TPSA) is 66.8 Å². The summed E-state index contributed by atoms with van der Waals surface area (Å²) >= 11 is 0. The number of carboxylic acid groups (broad SMARTS) is 1. The molecule has 0 unspecified atom stereocenters.